The molecule has 9 nitrogen and oxygen atoms in total. The molecule has 1 aromatic heterocycles. The normalized spacial score (nSPS) is 14.6. The summed E-state index contributed by atoms with van der Waals surface area (Å²) in [6, 6.07) is 16.1. The van der Waals surface area contributed by atoms with E-state index in [2.05, 4.69) is 15.6 Å². The summed E-state index contributed by atoms with van der Waals surface area (Å²) in [7, 11) is 1.43. The van der Waals surface area contributed by atoms with E-state index >= 15 is 0 Å². The number of aromatic nitrogens is 3. The van der Waals surface area contributed by atoms with Crippen LogP contribution in [0.2, 0.25) is 0 Å². The van der Waals surface area contributed by atoms with Crippen molar-refractivity contribution in [1.82, 2.24) is 20.3 Å². The van der Waals surface area contributed by atoms with Crippen LogP contribution in [0.5, 0.6) is 11.5 Å². The van der Waals surface area contributed by atoms with Crippen molar-refractivity contribution in [2.45, 2.75) is 50.7 Å². The molecule has 0 spiro atoms. The molecule has 39 heavy (non-hydrogen) atoms. The van der Waals surface area contributed by atoms with Crippen LogP contribution < -0.4 is 15.0 Å². The van der Waals surface area contributed by atoms with Gasteiger partial charge in [0.25, 0.3) is 0 Å². The molecule has 1 saturated carbocycles. The van der Waals surface area contributed by atoms with E-state index in [1.165, 1.54) is 47.0 Å². The second-order valence-electron chi connectivity index (χ2n) is 9.65. The number of phenolic OH excluding ortho intramolecular Hbond substituents is 1. The first-order valence-corrected chi connectivity index (χ1v) is 13.0. The van der Waals surface area contributed by atoms with Crippen LogP contribution in [0, 0.1) is 5.82 Å². The van der Waals surface area contributed by atoms with Crippen molar-refractivity contribution < 1.29 is 23.8 Å². The first-order chi connectivity index (χ1) is 18.9. The highest BCUT2D eigenvalue weighted by atomic mass is 19.1. The van der Waals surface area contributed by atoms with Gasteiger partial charge in [0.1, 0.15) is 23.9 Å². The Balaban J connectivity index is 1.58. The number of phenols is 1. The van der Waals surface area contributed by atoms with Crippen LogP contribution in [0.15, 0.2) is 66.7 Å². The SMILES string of the molecule is COc1ccc([C@@H](C(=O)NC2CCCCC2)N(C(=O)Cn2nnc3ccccc32)c2ccc(F)cc2)cc1O. The minimum Gasteiger partial charge on any atom is -0.504 e. The van der Waals surface area contributed by atoms with E-state index in [0.717, 1.165) is 32.1 Å². The van der Waals surface area contributed by atoms with Crippen molar-refractivity contribution in [3.63, 3.8) is 0 Å². The Morgan fingerprint density at radius 2 is 1.85 bits per heavy atom. The Labute approximate surface area is 225 Å². The molecule has 0 unspecified atom stereocenters. The molecule has 2 amide bonds. The quantitative estimate of drug-likeness (QED) is 0.346. The van der Waals surface area contributed by atoms with Crippen molar-refractivity contribution in [3.8, 4) is 11.5 Å². The zero-order valence-corrected chi connectivity index (χ0v) is 21.6. The van der Waals surface area contributed by atoms with Crippen LogP contribution in [0.4, 0.5) is 10.1 Å². The molecule has 0 bridgehead atoms. The Kier molecular flexibility index (Phi) is 7.72. The Bertz CT molecular complexity index is 1470. The third-order valence-corrected chi connectivity index (χ3v) is 7.06. The summed E-state index contributed by atoms with van der Waals surface area (Å²) in [5.74, 6) is -1.26. The van der Waals surface area contributed by atoms with E-state index in [1.807, 2.05) is 12.1 Å². The first-order valence-electron chi connectivity index (χ1n) is 13.0. The minimum absolute atomic E-state index is 0.0231. The van der Waals surface area contributed by atoms with E-state index in [1.54, 1.807) is 24.3 Å². The zero-order valence-electron chi connectivity index (χ0n) is 21.6. The summed E-state index contributed by atoms with van der Waals surface area (Å²) >= 11 is 0. The summed E-state index contributed by atoms with van der Waals surface area (Å²) in [6.45, 7) is -0.215. The maximum atomic E-state index is 14.0. The number of para-hydroxylation sites is 1. The van der Waals surface area contributed by atoms with Gasteiger partial charge in [-0.1, -0.05) is 42.7 Å². The molecule has 1 aliphatic rings. The summed E-state index contributed by atoms with van der Waals surface area (Å²) in [6.07, 6.45) is 4.84. The van der Waals surface area contributed by atoms with Crippen LogP contribution in [0.1, 0.15) is 43.7 Å². The fourth-order valence-corrected chi connectivity index (χ4v) is 5.10. The van der Waals surface area contributed by atoms with Crippen LogP contribution in [0.3, 0.4) is 0 Å². The van der Waals surface area contributed by atoms with Gasteiger partial charge in [-0.3, -0.25) is 14.5 Å². The number of fused-ring (bicyclic) bond motifs is 1. The number of rotatable bonds is 8. The predicted molar refractivity (Wildman–Crippen MR) is 144 cm³/mol. The minimum atomic E-state index is -1.16. The van der Waals surface area contributed by atoms with E-state index in [-0.39, 0.29) is 24.1 Å². The van der Waals surface area contributed by atoms with Crippen molar-refractivity contribution in [1.29, 1.82) is 0 Å². The smallest absolute Gasteiger partial charge is 0.249 e. The Morgan fingerprint density at radius 1 is 1.10 bits per heavy atom. The highest BCUT2D eigenvalue weighted by Crippen LogP contribution is 2.34. The summed E-state index contributed by atoms with van der Waals surface area (Å²) in [4.78, 5) is 29.3. The molecule has 0 radical (unpaired) electrons. The predicted octanol–water partition coefficient (Wildman–Crippen LogP) is 4.51. The molecule has 5 rings (SSSR count). The van der Waals surface area contributed by atoms with Gasteiger partial charge in [0.15, 0.2) is 11.5 Å². The van der Waals surface area contributed by atoms with Gasteiger partial charge < -0.3 is 15.2 Å². The molecule has 202 valence electrons. The lowest BCUT2D eigenvalue weighted by Gasteiger charge is -2.33. The van der Waals surface area contributed by atoms with E-state index in [4.69, 9.17) is 4.74 Å². The fourth-order valence-electron chi connectivity index (χ4n) is 5.10. The average molecular weight is 532 g/mol. The lowest BCUT2D eigenvalue weighted by atomic mass is 9.94. The third kappa shape index (κ3) is 5.69. The highest BCUT2D eigenvalue weighted by Gasteiger charge is 2.35. The van der Waals surface area contributed by atoms with Gasteiger partial charge in [0.2, 0.25) is 11.8 Å². The molecule has 2 N–H and O–H groups in total. The number of amides is 2. The molecule has 1 atom stereocenters. The van der Waals surface area contributed by atoms with Crippen LogP contribution in [0.25, 0.3) is 11.0 Å². The number of carbonyl (C=O) groups is 2. The standard InChI is InChI=1S/C29H30FN5O4/c1-39-26-16-11-19(17-25(26)36)28(29(38)31-21-7-3-2-4-8-21)35(22-14-12-20(30)13-15-22)27(37)18-34-24-10-6-5-9-23(24)32-33-34/h5-6,9-17,21,28,36H,2-4,7-8,18H2,1H3,(H,31,38)/t28-/m0/s1. The molecular weight excluding hydrogens is 501 g/mol. The number of nitrogens with zero attached hydrogens (tertiary/aromatic N) is 4. The van der Waals surface area contributed by atoms with Gasteiger partial charge >= 0.3 is 0 Å². The van der Waals surface area contributed by atoms with Crippen LogP contribution in [-0.2, 0) is 16.1 Å². The lowest BCUT2D eigenvalue weighted by Crippen LogP contribution is -2.48. The number of carbonyl (C=O) groups excluding carboxylic acids is 2. The van der Waals surface area contributed by atoms with E-state index in [9.17, 15) is 19.1 Å². The third-order valence-electron chi connectivity index (χ3n) is 7.06. The largest absolute Gasteiger partial charge is 0.504 e. The van der Waals surface area contributed by atoms with Gasteiger partial charge in [-0.15, -0.1) is 5.10 Å². The Morgan fingerprint density at radius 3 is 2.56 bits per heavy atom. The topological polar surface area (TPSA) is 110 Å². The van der Waals surface area contributed by atoms with E-state index in [0.29, 0.717) is 22.3 Å². The molecule has 0 saturated heterocycles. The molecule has 1 heterocycles. The number of ether oxygens (including phenoxy) is 1. The molecule has 0 aliphatic heterocycles. The number of anilines is 1. The molecule has 1 fully saturated rings. The van der Waals surface area contributed by atoms with Gasteiger partial charge in [-0.05, 0) is 66.9 Å². The maximum absolute atomic E-state index is 14.0. The van der Waals surface area contributed by atoms with Crippen LogP contribution >= 0.6 is 0 Å². The van der Waals surface area contributed by atoms with Gasteiger partial charge in [0, 0.05) is 11.7 Å². The Hall–Kier alpha value is -4.47. The highest BCUT2D eigenvalue weighted by molar-refractivity contribution is 6.01. The molecule has 10 heteroatoms. The molecule has 4 aromatic rings. The summed E-state index contributed by atoms with van der Waals surface area (Å²) in [5, 5.41) is 21.9. The summed E-state index contributed by atoms with van der Waals surface area (Å²) in [5.41, 5.74) is 1.99. The van der Waals surface area contributed by atoms with Crippen molar-refractivity contribution in [2.75, 3.05) is 12.0 Å². The number of hydrogen-bond donors (Lipinski definition) is 2. The maximum Gasteiger partial charge on any atom is 0.249 e. The van der Waals surface area contributed by atoms with Crippen LogP contribution in [-0.4, -0.2) is 45.1 Å². The number of nitrogens with one attached hydrogen (secondary N) is 1. The van der Waals surface area contributed by atoms with E-state index < -0.39 is 23.7 Å². The number of aromatic hydroxyl groups is 1. The second kappa shape index (κ2) is 11.5. The number of halogens is 1. The van der Waals surface area contributed by atoms with Gasteiger partial charge in [-0.25, -0.2) is 9.07 Å². The fraction of sp³-hybridized carbons (Fsp3) is 0.310. The second-order valence-corrected chi connectivity index (χ2v) is 9.65. The van der Waals surface area contributed by atoms with Crippen molar-refractivity contribution >= 4 is 28.5 Å². The van der Waals surface area contributed by atoms with Crippen molar-refractivity contribution in [3.05, 3.63) is 78.1 Å². The molecular formula is C29H30FN5O4. The van der Waals surface area contributed by atoms with Crippen molar-refractivity contribution in [2.24, 2.45) is 0 Å². The molecule has 3 aromatic carbocycles. The van der Waals surface area contributed by atoms with Gasteiger partial charge in [-0.2, -0.15) is 0 Å². The monoisotopic (exact) mass is 531 g/mol. The first kappa shape index (κ1) is 26.1. The summed E-state index contributed by atoms with van der Waals surface area (Å²) < 4.78 is 20.6. The number of benzene rings is 3. The number of hydrogen-bond acceptors (Lipinski definition) is 6. The van der Waals surface area contributed by atoms with Gasteiger partial charge in [0.05, 0.1) is 12.6 Å². The zero-order chi connectivity index (χ0) is 27.4. The lowest BCUT2D eigenvalue weighted by molar-refractivity contribution is -0.127. The average Bonchev–Trinajstić information content (AvgIpc) is 3.35. The number of methoxy groups -OCH3 is 1. The molecule has 1 aliphatic carbocycles.